The lowest BCUT2D eigenvalue weighted by Gasteiger charge is -2.07. The molecule has 1 aromatic carbocycles. The lowest BCUT2D eigenvalue weighted by atomic mass is 10.0. The van der Waals surface area contributed by atoms with Gasteiger partial charge < -0.3 is 5.73 Å². The van der Waals surface area contributed by atoms with Gasteiger partial charge in [0.1, 0.15) is 0 Å². The van der Waals surface area contributed by atoms with E-state index in [1.54, 1.807) is 0 Å². The minimum Gasteiger partial charge on any atom is -0.398 e. The van der Waals surface area contributed by atoms with Gasteiger partial charge in [0.2, 0.25) is 0 Å². The molecule has 1 nitrogen and oxygen atoms in total. The molecule has 0 aliphatic rings. The molecular formula is C14H23N. The van der Waals surface area contributed by atoms with Gasteiger partial charge in [0.25, 0.3) is 0 Å². The fraction of sp³-hybridized carbons (Fsp3) is 0.571. The highest BCUT2D eigenvalue weighted by Crippen LogP contribution is 2.18. The summed E-state index contributed by atoms with van der Waals surface area (Å²) in [6.45, 7) is 4.44. The van der Waals surface area contributed by atoms with Crippen LogP contribution in [0.1, 0.15) is 50.7 Å². The van der Waals surface area contributed by atoms with Crippen LogP contribution in [0.25, 0.3) is 0 Å². The molecule has 0 aliphatic carbocycles. The molecule has 0 radical (unpaired) electrons. The fourth-order valence-corrected chi connectivity index (χ4v) is 1.78. The number of nitrogens with two attached hydrogens (primary N) is 1. The van der Waals surface area contributed by atoms with Gasteiger partial charge >= 0.3 is 0 Å². The summed E-state index contributed by atoms with van der Waals surface area (Å²) < 4.78 is 0. The van der Waals surface area contributed by atoms with E-state index in [4.69, 9.17) is 5.73 Å². The minimum atomic E-state index is 0.983. The first kappa shape index (κ1) is 12.1. The van der Waals surface area contributed by atoms with E-state index in [0.29, 0.717) is 0 Å². The van der Waals surface area contributed by atoms with Gasteiger partial charge in [0, 0.05) is 5.69 Å². The van der Waals surface area contributed by atoms with Crippen LogP contribution in [-0.4, -0.2) is 0 Å². The zero-order valence-corrected chi connectivity index (χ0v) is 10.1. The maximum atomic E-state index is 6.03. The molecular weight excluding hydrogens is 182 g/mol. The average molecular weight is 205 g/mol. The Hall–Kier alpha value is -0.980. The Kier molecular flexibility index (Phi) is 5.23. The lowest BCUT2D eigenvalue weighted by Crippen LogP contribution is -1.96. The van der Waals surface area contributed by atoms with Gasteiger partial charge in [-0.2, -0.15) is 0 Å². The summed E-state index contributed by atoms with van der Waals surface area (Å²) in [4.78, 5) is 0. The topological polar surface area (TPSA) is 26.0 Å². The van der Waals surface area contributed by atoms with E-state index >= 15 is 0 Å². The summed E-state index contributed by atoms with van der Waals surface area (Å²) in [6.07, 6.45) is 7.26. The van der Waals surface area contributed by atoms with Gasteiger partial charge in [0.05, 0.1) is 0 Å². The Labute approximate surface area is 93.7 Å². The van der Waals surface area contributed by atoms with Crippen molar-refractivity contribution in [3.8, 4) is 0 Å². The van der Waals surface area contributed by atoms with Crippen LogP contribution in [-0.2, 0) is 12.8 Å². The summed E-state index contributed by atoms with van der Waals surface area (Å²) in [5.74, 6) is 0. The van der Waals surface area contributed by atoms with E-state index in [1.807, 2.05) is 0 Å². The Morgan fingerprint density at radius 3 is 2.27 bits per heavy atom. The third kappa shape index (κ3) is 3.94. The van der Waals surface area contributed by atoms with Crippen LogP contribution in [0.4, 0.5) is 5.69 Å². The predicted molar refractivity (Wildman–Crippen MR) is 68.1 cm³/mol. The minimum absolute atomic E-state index is 0.983. The van der Waals surface area contributed by atoms with Crippen molar-refractivity contribution < 1.29 is 0 Å². The molecule has 1 rings (SSSR count). The monoisotopic (exact) mass is 205 g/mol. The smallest absolute Gasteiger partial charge is 0.0349 e. The highest BCUT2D eigenvalue weighted by molar-refractivity contribution is 5.49. The molecule has 0 saturated carbocycles. The largest absolute Gasteiger partial charge is 0.398 e. The molecule has 0 aliphatic heterocycles. The van der Waals surface area contributed by atoms with Crippen molar-refractivity contribution in [3.63, 3.8) is 0 Å². The number of hydrogen-bond donors (Lipinski definition) is 1. The fourth-order valence-electron chi connectivity index (χ4n) is 1.78. The van der Waals surface area contributed by atoms with E-state index in [1.165, 1.54) is 36.8 Å². The molecule has 84 valence electrons. The number of rotatable bonds is 6. The molecule has 0 aromatic heterocycles. The van der Waals surface area contributed by atoms with Crippen molar-refractivity contribution in [2.75, 3.05) is 5.73 Å². The van der Waals surface area contributed by atoms with Crippen LogP contribution in [0, 0.1) is 0 Å². The molecule has 0 saturated heterocycles. The number of benzene rings is 1. The second kappa shape index (κ2) is 6.49. The van der Waals surface area contributed by atoms with Crippen molar-refractivity contribution in [1.82, 2.24) is 0 Å². The maximum absolute atomic E-state index is 6.03. The quantitative estimate of drug-likeness (QED) is 0.699. The number of anilines is 1. The zero-order chi connectivity index (χ0) is 11.1. The molecule has 1 aromatic rings. The predicted octanol–water partition coefficient (Wildman–Crippen LogP) is 3.95. The first-order chi connectivity index (χ1) is 7.27. The third-order valence-corrected chi connectivity index (χ3v) is 2.83. The van der Waals surface area contributed by atoms with Crippen molar-refractivity contribution >= 4 is 5.69 Å². The van der Waals surface area contributed by atoms with Gasteiger partial charge in [-0.15, -0.1) is 0 Å². The van der Waals surface area contributed by atoms with E-state index in [-0.39, 0.29) is 0 Å². The highest BCUT2D eigenvalue weighted by Gasteiger charge is 2.00. The first-order valence-corrected chi connectivity index (χ1v) is 6.15. The summed E-state index contributed by atoms with van der Waals surface area (Å²) in [6, 6.07) is 6.59. The molecule has 2 N–H and O–H groups in total. The van der Waals surface area contributed by atoms with Crippen molar-refractivity contribution in [2.45, 2.75) is 52.4 Å². The van der Waals surface area contributed by atoms with Crippen LogP contribution in [0.2, 0.25) is 0 Å². The molecule has 1 heteroatoms. The summed E-state index contributed by atoms with van der Waals surface area (Å²) in [5, 5.41) is 0. The number of aryl methyl sites for hydroxylation is 2. The molecule has 0 fully saturated rings. The lowest BCUT2D eigenvalue weighted by molar-refractivity contribution is 0.787. The molecule has 0 spiro atoms. The third-order valence-electron chi connectivity index (χ3n) is 2.83. The van der Waals surface area contributed by atoms with Crippen molar-refractivity contribution in [3.05, 3.63) is 29.3 Å². The van der Waals surface area contributed by atoms with E-state index in [9.17, 15) is 0 Å². The van der Waals surface area contributed by atoms with Crippen LogP contribution >= 0.6 is 0 Å². The molecule has 0 unspecified atom stereocenters. The number of unbranched alkanes of at least 4 members (excludes halogenated alkanes) is 2. The van der Waals surface area contributed by atoms with E-state index in [2.05, 4.69) is 32.0 Å². The van der Waals surface area contributed by atoms with E-state index in [0.717, 1.165) is 18.5 Å². The molecule has 0 amide bonds. The SMILES string of the molecule is CCCCc1ccc(CCCC)c(N)c1. The second-order valence-corrected chi connectivity index (χ2v) is 4.24. The van der Waals surface area contributed by atoms with Gasteiger partial charge in [-0.1, -0.05) is 38.8 Å². The first-order valence-electron chi connectivity index (χ1n) is 6.15. The second-order valence-electron chi connectivity index (χ2n) is 4.24. The molecule has 0 heterocycles. The standard InChI is InChI=1S/C14H23N/c1-3-5-7-12-9-10-13(8-6-4-2)14(15)11-12/h9-11H,3-8,15H2,1-2H3. The number of hydrogen-bond acceptors (Lipinski definition) is 1. The highest BCUT2D eigenvalue weighted by atomic mass is 14.6. The van der Waals surface area contributed by atoms with Gasteiger partial charge in [-0.25, -0.2) is 0 Å². The van der Waals surface area contributed by atoms with Gasteiger partial charge in [-0.3, -0.25) is 0 Å². The Morgan fingerprint density at radius 2 is 1.67 bits per heavy atom. The van der Waals surface area contributed by atoms with Gasteiger partial charge in [-0.05, 0) is 42.9 Å². The Balaban J connectivity index is 2.61. The normalized spacial score (nSPS) is 10.5. The molecule has 0 atom stereocenters. The van der Waals surface area contributed by atoms with Crippen LogP contribution in [0.15, 0.2) is 18.2 Å². The molecule has 0 bridgehead atoms. The molecule has 15 heavy (non-hydrogen) atoms. The summed E-state index contributed by atoms with van der Waals surface area (Å²) in [5.41, 5.74) is 9.72. The van der Waals surface area contributed by atoms with Crippen LogP contribution in [0.3, 0.4) is 0 Å². The maximum Gasteiger partial charge on any atom is 0.0349 e. The van der Waals surface area contributed by atoms with Crippen molar-refractivity contribution in [1.29, 1.82) is 0 Å². The van der Waals surface area contributed by atoms with Gasteiger partial charge in [0.15, 0.2) is 0 Å². The van der Waals surface area contributed by atoms with Crippen LogP contribution < -0.4 is 5.73 Å². The Morgan fingerprint density at radius 1 is 1.00 bits per heavy atom. The summed E-state index contributed by atoms with van der Waals surface area (Å²) >= 11 is 0. The van der Waals surface area contributed by atoms with Crippen molar-refractivity contribution in [2.24, 2.45) is 0 Å². The average Bonchev–Trinajstić information content (AvgIpc) is 2.25. The zero-order valence-electron chi connectivity index (χ0n) is 10.1. The summed E-state index contributed by atoms with van der Waals surface area (Å²) in [7, 11) is 0. The van der Waals surface area contributed by atoms with Crippen LogP contribution in [0.5, 0.6) is 0 Å². The number of nitrogen functional groups attached to an aromatic ring is 1. The van der Waals surface area contributed by atoms with E-state index < -0.39 is 0 Å². The Bertz CT molecular complexity index is 291.